The maximum atomic E-state index is 13.7. The summed E-state index contributed by atoms with van der Waals surface area (Å²) < 4.78 is 56.5. The maximum absolute atomic E-state index is 13.7. The van der Waals surface area contributed by atoms with Gasteiger partial charge in [-0.05, 0) is 24.3 Å². The number of hydrogen-bond donors (Lipinski definition) is 1. The van der Waals surface area contributed by atoms with Crippen LogP contribution < -0.4 is 14.2 Å². The first kappa shape index (κ1) is 21.4. The van der Waals surface area contributed by atoms with Crippen molar-refractivity contribution in [1.29, 1.82) is 0 Å². The van der Waals surface area contributed by atoms with E-state index in [4.69, 9.17) is 14.2 Å². The maximum Gasteiger partial charge on any atom is 0.438 e. The van der Waals surface area contributed by atoms with Gasteiger partial charge in [0.25, 0.3) is 11.6 Å². The van der Waals surface area contributed by atoms with Crippen LogP contribution in [0.2, 0.25) is 0 Å². The predicted molar refractivity (Wildman–Crippen MR) is 100 cm³/mol. The highest BCUT2D eigenvalue weighted by Gasteiger charge is 2.63. The minimum Gasteiger partial charge on any atom is -0.497 e. The van der Waals surface area contributed by atoms with Gasteiger partial charge in [0.05, 0.1) is 26.4 Å². The summed E-state index contributed by atoms with van der Waals surface area (Å²) in [6, 6.07) is 12.5. The van der Waals surface area contributed by atoms with Crippen molar-refractivity contribution in [3.05, 3.63) is 54.1 Å². The van der Waals surface area contributed by atoms with Crippen molar-refractivity contribution in [2.24, 2.45) is 5.10 Å². The van der Waals surface area contributed by atoms with Gasteiger partial charge in [-0.15, -0.1) is 0 Å². The molecule has 0 spiro atoms. The first-order valence-electron chi connectivity index (χ1n) is 8.79. The average Bonchev–Trinajstić information content (AvgIpc) is 3.11. The zero-order chi connectivity index (χ0) is 21.9. The second-order valence-corrected chi connectivity index (χ2v) is 6.41. The van der Waals surface area contributed by atoms with E-state index in [9.17, 15) is 23.1 Å². The number of ether oxygens (including phenoxy) is 3. The van der Waals surface area contributed by atoms with Gasteiger partial charge >= 0.3 is 6.18 Å². The standard InChI is InChI=1S/C20H19F3N2O5/c1-28-14-7-5-6-13(10-14)15-11-19(27,20(21,22)23)25(24-15)18(26)12-30-17-9-4-3-8-16(17)29-2/h3-10,27H,11-12H2,1-2H3/t19-/m1/s1. The Morgan fingerprint density at radius 2 is 1.83 bits per heavy atom. The van der Waals surface area contributed by atoms with Crippen molar-refractivity contribution in [2.75, 3.05) is 20.8 Å². The van der Waals surface area contributed by atoms with E-state index >= 15 is 0 Å². The number of methoxy groups -OCH3 is 2. The van der Waals surface area contributed by atoms with Crippen LogP contribution >= 0.6 is 0 Å². The molecule has 0 fully saturated rings. The molecular formula is C20H19F3N2O5. The molecule has 30 heavy (non-hydrogen) atoms. The van der Waals surface area contributed by atoms with E-state index in [1.807, 2.05) is 0 Å². The fraction of sp³-hybridized carbons (Fsp3) is 0.300. The topological polar surface area (TPSA) is 80.6 Å². The third kappa shape index (κ3) is 4.04. The van der Waals surface area contributed by atoms with Gasteiger partial charge in [0.2, 0.25) is 0 Å². The van der Waals surface area contributed by atoms with Gasteiger partial charge < -0.3 is 19.3 Å². The summed E-state index contributed by atoms with van der Waals surface area (Å²) in [5.74, 6) is -0.299. The van der Waals surface area contributed by atoms with Crippen molar-refractivity contribution in [2.45, 2.75) is 18.3 Å². The molecule has 1 amide bonds. The molecule has 1 heterocycles. The molecule has 1 atom stereocenters. The zero-order valence-electron chi connectivity index (χ0n) is 16.1. The van der Waals surface area contributed by atoms with Crippen molar-refractivity contribution in [3.8, 4) is 17.2 Å². The van der Waals surface area contributed by atoms with Crippen LogP contribution in [0.5, 0.6) is 17.2 Å². The number of halogens is 3. The first-order valence-corrected chi connectivity index (χ1v) is 8.79. The number of hydrogen-bond acceptors (Lipinski definition) is 6. The van der Waals surface area contributed by atoms with Crippen LogP contribution in [0.1, 0.15) is 12.0 Å². The van der Waals surface area contributed by atoms with Crippen molar-refractivity contribution < 1.29 is 37.3 Å². The van der Waals surface area contributed by atoms with Crippen molar-refractivity contribution >= 4 is 11.6 Å². The summed E-state index contributed by atoms with van der Waals surface area (Å²) in [7, 11) is 2.80. The fourth-order valence-electron chi connectivity index (χ4n) is 2.93. The lowest BCUT2D eigenvalue weighted by atomic mass is 10.0. The van der Waals surface area contributed by atoms with Crippen LogP contribution in [-0.2, 0) is 4.79 Å². The number of rotatable bonds is 6. The minimum atomic E-state index is -5.14. The van der Waals surface area contributed by atoms with Crippen LogP contribution in [0, 0.1) is 0 Å². The van der Waals surface area contributed by atoms with E-state index in [2.05, 4.69) is 5.10 Å². The van der Waals surface area contributed by atoms with Gasteiger partial charge in [-0.1, -0.05) is 24.3 Å². The molecule has 2 aromatic carbocycles. The molecule has 7 nitrogen and oxygen atoms in total. The Labute approximate surface area is 170 Å². The summed E-state index contributed by atoms with van der Waals surface area (Å²) in [6.07, 6.45) is -6.07. The molecule has 0 saturated heterocycles. The van der Waals surface area contributed by atoms with Crippen molar-refractivity contribution in [1.82, 2.24) is 5.01 Å². The molecule has 3 rings (SSSR count). The number of hydrazone groups is 1. The van der Waals surface area contributed by atoms with Crippen molar-refractivity contribution in [3.63, 3.8) is 0 Å². The highest BCUT2D eigenvalue weighted by Crippen LogP contribution is 2.41. The van der Waals surface area contributed by atoms with Crippen LogP contribution in [0.15, 0.2) is 53.6 Å². The SMILES string of the molecule is COc1cccc(C2=NN(C(=O)COc3ccccc3OC)[C@](O)(C(F)(F)F)C2)c1. The fourth-order valence-corrected chi connectivity index (χ4v) is 2.93. The number of para-hydroxylation sites is 2. The Balaban J connectivity index is 1.88. The monoisotopic (exact) mass is 424 g/mol. The van der Waals surface area contributed by atoms with Crippen LogP contribution in [0.3, 0.4) is 0 Å². The molecule has 1 aliphatic rings. The Bertz CT molecular complexity index is 963. The molecule has 0 aliphatic carbocycles. The Kier molecular flexibility index (Phi) is 5.88. The van der Waals surface area contributed by atoms with E-state index in [-0.39, 0.29) is 22.0 Å². The first-order chi connectivity index (χ1) is 14.2. The number of alkyl halides is 3. The summed E-state index contributed by atoms with van der Waals surface area (Å²) in [4.78, 5) is 12.5. The summed E-state index contributed by atoms with van der Waals surface area (Å²) in [5, 5.41) is 14.2. The molecule has 1 aliphatic heterocycles. The molecule has 2 aromatic rings. The number of benzene rings is 2. The van der Waals surface area contributed by atoms with E-state index in [1.165, 1.54) is 32.4 Å². The molecule has 1 N–H and O–H groups in total. The van der Waals surface area contributed by atoms with E-state index in [0.29, 0.717) is 11.5 Å². The van der Waals surface area contributed by atoms with E-state index in [0.717, 1.165) is 0 Å². The largest absolute Gasteiger partial charge is 0.497 e. The van der Waals surface area contributed by atoms with Gasteiger partial charge in [0, 0.05) is 5.56 Å². The van der Waals surface area contributed by atoms with Gasteiger partial charge in [0.15, 0.2) is 18.1 Å². The number of amides is 1. The van der Waals surface area contributed by atoms with Gasteiger partial charge in [0.1, 0.15) is 5.75 Å². The van der Waals surface area contributed by atoms with E-state index in [1.54, 1.807) is 30.3 Å². The molecule has 0 aromatic heterocycles. The number of aliphatic hydroxyl groups is 1. The summed E-state index contributed by atoms with van der Waals surface area (Å²) in [5.41, 5.74) is -3.32. The third-order valence-corrected chi connectivity index (χ3v) is 4.50. The Hall–Kier alpha value is -3.27. The highest BCUT2D eigenvalue weighted by atomic mass is 19.4. The lowest BCUT2D eigenvalue weighted by Crippen LogP contribution is -2.57. The summed E-state index contributed by atoms with van der Waals surface area (Å²) >= 11 is 0. The molecule has 160 valence electrons. The smallest absolute Gasteiger partial charge is 0.438 e. The number of nitrogens with zero attached hydrogens (tertiary/aromatic N) is 2. The van der Waals surface area contributed by atoms with Gasteiger partial charge in [-0.2, -0.15) is 23.3 Å². The second kappa shape index (κ2) is 8.23. The lowest BCUT2D eigenvalue weighted by molar-refractivity contribution is -0.302. The Morgan fingerprint density at radius 1 is 1.13 bits per heavy atom. The quantitative estimate of drug-likeness (QED) is 0.771. The van der Waals surface area contributed by atoms with E-state index < -0.39 is 30.8 Å². The number of carbonyl (C=O) groups excluding carboxylic acids is 1. The van der Waals surface area contributed by atoms with Crippen LogP contribution in [-0.4, -0.2) is 54.5 Å². The van der Waals surface area contributed by atoms with Crippen LogP contribution in [0.4, 0.5) is 13.2 Å². The third-order valence-electron chi connectivity index (χ3n) is 4.50. The molecule has 0 saturated carbocycles. The van der Waals surface area contributed by atoms with Gasteiger partial charge in [-0.25, -0.2) is 0 Å². The zero-order valence-corrected chi connectivity index (χ0v) is 16.1. The number of carbonyl (C=O) groups is 1. The highest BCUT2D eigenvalue weighted by molar-refractivity contribution is 6.03. The molecule has 10 heteroatoms. The molecule has 0 unspecified atom stereocenters. The molecular weight excluding hydrogens is 405 g/mol. The summed E-state index contributed by atoms with van der Waals surface area (Å²) in [6.45, 7) is -0.784. The van der Waals surface area contributed by atoms with Gasteiger partial charge in [-0.3, -0.25) is 4.79 Å². The molecule has 0 radical (unpaired) electrons. The minimum absolute atomic E-state index is 0.0250. The Morgan fingerprint density at radius 3 is 2.47 bits per heavy atom. The predicted octanol–water partition coefficient (Wildman–Crippen LogP) is 2.97. The van der Waals surface area contributed by atoms with Crippen LogP contribution in [0.25, 0.3) is 0 Å². The average molecular weight is 424 g/mol. The normalized spacial score (nSPS) is 18.7. The second-order valence-electron chi connectivity index (χ2n) is 6.41. The molecule has 0 bridgehead atoms. The lowest BCUT2D eigenvalue weighted by Gasteiger charge is -2.32.